The molecule has 0 spiro atoms. The number of aryl methyl sites for hydroxylation is 1. The van der Waals surface area contributed by atoms with E-state index >= 15 is 0 Å². The molecule has 0 aliphatic heterocycles. The average molecular weight is 292 g/mol. The Morgan fingerprint density at radius 3 is 2.00 bits per heavy atom. The lowest BCUT2D eigenvalue weighted by Gasteiger charge is -2.20. The number of carbonyl (C=O) groups is 1. The van der Waals surface area contributed by atoms with Gasteiger partial charge in [0.1, 0.15) is 0 Å². The third-order valence-electron chi connectivity index (χ3n) is 3.97. The predicted octanol–water partition coefficient (Wildman–Crippen LogP) is 6.27. The van der Waals surface area contributed by atoms with Gasteiger partial charge < -0.3 is 0 Å². The van der Waals surface area contributed by atoms with Crippen molar-refractivity contribution in [2.24, 2.45) is 0 Å². The average Bonchev–Trinajstić information content (AvgIpc) is 2.46. The second kappa shape index (κ2) is 6.15. The first kappa shape index (κ1) is 17.6. The first-order valence-corrected chi connectivity index (χ1v) is 6.44. The van der Waals surface area contributed by atoms with Gasteiger partial charge in [0, 0.05) is 16.5 Å². The smallest absolute Gasteiger partial charge is 0.194 e. The fraction of sp³-hybridized carbons (Fsp3) is 0.190. The highest BCUT2D eigenvalue weighted by atomic mass is 16.1. The van der Waals surface area contributed by atoms with Gasteiger partial charge in [-0.3, -0.25) is 4.79 Å². The first-order valence-electron chi connectivity index (χ1n) is 6.44. The summed E-state index contributed by atoms with van der Waals surface area (Å²) in [5.74, 6) is 0.138. The molecule has 0 unspecified atom stereocenters. The normalized spacial score (nSPS) is 10.9. The van der Waals surface area contributed by atoms with Gasteiger partial charge in [0.15, 0.2) is 5.78 Å². The second-order valence-electron chi connectivity index (χ2n) is 5.03. The van der Waals surface area contributed by atoms with Crippen LogP contribution < -0.4 is 0 Å². The number of fused-ring (bicyclic) bond motifs is 2. The summed E-state index contributed by atoms with van der Waals surface area (Å²) >= 11 is 0. The highest BCUT2D eigenvalue weighted by molar-refractivity contribution is 6.26. The van der Waals surface area contributed by atoms with Gasteiger partial charge >= 0.3 is 0 Å². The summed E-state index contributed by atoms with van der Waals surface area (Å²) in [5, 5.41) is 2.28. The Bertz CT molecular complexity index is 844. The van der Waals surface area contributed by atoms with E-state index < -0.39 is 0 Å². The molecule has 1 aliphatic rings. The van der Waals surface area contributed by atoms with E-state index in [2.05, 4.69) is 25.1 Å². The summed E-state index contributed by atoms with van der Waals surface area (Å²) in [4.78, 5) is 12.6. The molecule has 0 fully saturated rings. The van der Waals surface area contributed by atoms with Gasteiger partial charge in [-0.1, -0.05) is 76.9 Å². The minimum atomic E-state index is 0. The van der Waals surface area contributed by atoms with Crippen LogP contribution in [0.25, 0.3) is 21.9 Å². The molecule has 0 saturated heterocycles. The van der Waals surface area contributed by atoms with E-state index in [1.54, 1.807) is 0 Å². The highest BCUT2D eigenvalue weighted by Crippen LogP contribution is 2.39. The summed E-state index contributed by atoms with van der Waals surface area (Å²) in [6.45, 7) is 2.09. The van der Waals surface area contributed by atoms with Gasteiger partial charge in [0.05, 0.1) is 0 Å². The SMILES string of the molecule is C.C.C.Cc1ccc2c3c(cccc13)C(=O)c1ccccc1-2. The molecule has 4 rings (SSSR count). The van der Waals surface area contributed by atoms with E-state index in [1.807, 2.05) is 36.4 Å². The number of hydrogen-bond acceptors (Lipinski definition) is 1. The summed E-state index contributed by atoms with van der Waals surface area (Å²) in [6.07, 6.45) is 0. The molecule has 0 heterocycles. The van der Waals surface area contributed by atoms with Crippen LogP contribution in [0.2, 0.25) is 0 Å². The fourth-order valence-electron chi connectivity index (χ4n) is 3.03. The van der Waals surface area contributed by atoms with Gasteiger partial charge in [-0.15, -0.1) is 0 Å². The Morgan fingerprint density at radius 1 is 0.636 bits per heavy atom. The molecule has 3 aromatic rings. The van der Waals surface area contributed by atoms with Crippen LogP contribution in [-0.2, 0) is 0 Å². The maximum Gasteiger partial charge on any atom is 0.194 e. The van der Waals surface area contributed by atoms with Crippen LogP contribution in [0.1, 0.15) is 43.8 Å². The molecule has 114 valence electrons. The minimum absolute atomic E-state index is 0. The summed E-state index contributed by atoms with van der Waals surface area (Å²) < 4.78 is 0. The Morgan fingerprint density at radius 2 is 1.27 bits per heavy atom. The van der Waals surface area contributed by atoms with Crippen LogP contribution in [0.4, 0.5) is 0 Å². The third kappa shape index (κ3) is 2.14. The van der Waals surface area contributed by atoms with Crippen molar-refractivity contribution in [1.29, 1.82) is 0 Å². The van der Waals surface area contributed by atoms with Gasteiger partial charge in [0.25, 0.3) is 0 Å². The molecule has 0 saturated carbocycles. The Balaban J connectivity index is 0.000000807. The Labute approximate surface area is 133 Å². The van der Waals surface area contributed by atoms with Crippen molar-refractivity contribution in [3.63, 3.8) is 0 Å². The second-order valence-corrected chi connectivity index (χ2v) is 5.03. The van der Waals surface area contributed by atoms with Crippen molar-refractivity contribution >= 4 is 16.6 Å². The van der Waals surface area contributed by atoms with Crippen LogP contribution in [0.5, 0.6) is 0 Å². The van der Waals surface area contributed by atoms with Crippen LogP contribution in [0.3, 0.4) is 0 Å². The number of benzene rings is 3. The van der Waals surface area contributed by atoms with E-state index in [0.29, 0.717) is 0 Å². The van der Waals surface area contributed by atoms with Crippen molar-refractivity contribution in [1.82, 2.24) is 0 Å². The lowest BCUT2D eigenvalue weighted by molar-refractivity contribution is 0.104. The molecule has 0 amide bonds. The standard InChI is InChI=1S/C18H12O.3CH4/c1-11-9-10-14-13-5-2-3-6-15(13)18(19)16-8-4-7-12(11)17(14)16;;;/h2-10H,1H3;3*1H4. The van der Waals surface area contributed by atoms with Crippen LogP contribution in [0, 0.1) is 6.92 Å². The molecule has 22 heavy (non-hydrogen) atoms. The molecule has 1 nitrogen and oxygen atoms in total. The number of carbonyl (C=O) groups excluding carboxylic acids is 1. The van der Waals surface area contributed by atoms with Gasteiger partial charge in [-0.05, 0) is 29.0 Å². The van der Waals surface area contributed by atoms with E-state index in [1.165, 1.54) is 16.5 Å². The molecule has 0 aromatic heterocycles. The van der Waals surface area contributed by atoms with E-state index in [-0.39, 0.29) is 28.1 Å². The topological polar surface area (TPSA) is 17.1 Å². The van der Waals surface area contributed by atoms with E-state index in [4.69, 9.17) is 0 Å². The quantitative estimate of drug-likeness (QED) is 0.373. The zero-order valence-corrected chi connectivity index (χ0v) is 10.6. The Hall–Kier alpha value is -2.41. The van der Waals surface area contributed by atoms with E-state index in [0.717, 1.165) is 22.1 Å². The van der Waals surface area contributed by atoms with Crippen molar-refractivity contribution in [2.75, 3.05) is 0 Å². The third-order valence-corrected chi connectivity index (χ3v) is 3.97. The molecule has 0 atom stereocenters. The van der Waals surface area contributed by atoms with Gasteiger partial charge in [-0.25, -0.2) is 0 Å². The molecule has 0 radical (unpaired) electrons. The van der Waals surface area contributed by atoms with Crippen LogP contribution in [0.15, 0.2) is 54.6 Å². The van der Waals surface area contributed by atoms with Crippen LogP contribution >= 0.6 is 0 Å². The largest absolute Gasteiger partial charge is 0.289 e. The molecule has 0 bridgehead atoms. The van der Waals surface area contributed by atoms with Crippen LogP contribution in [-0.4, -0.2) is 5.78 Å². The zero-order valence-electron chi connectivity index (χ0n) is 10.6. The number of rotatable bonds is 0. The van der Waals surface area contributed by atoms with Crippen molar-refractivity contribution in [3.05, 3.63) is 71.3 Å². The predicted molar refractivity (Wildman–Crippen MR) is 97.7 cm³/mol. The van der Waals surface area contributed by atoms with Gasteiger partial charge in [0.2, 0.25) is 0 Å². The lowest BCUT2D eigenvalue weighted by atomic mass is 9.82. The fourth-order valence-corrected chi connectivity index (χ4v) is 3.03. The Kier molecular flexibility index (Phi) is 4.93. The highest BCUT2D eigenvalue weighted by Gasteiger charge is 2.24. The molecule has 3 aromatic carbocycles. The molecule has 1 heteroatoms. The first-order chi connectivity index (χ1) is 9.27. The molecular weight excluding hydrogens is 268 g/mol. The lowest BCUT2D eigenvalue weighted by Crippen LogP contribution is -2.09. The maximum absolute atomic E-state index is 12.6. The minimum Gasteiger partial charge on any atom is -0.289 e. The molecule has 0 N–H and O–H groups in total. The molecule has 1 aliphatic carbocycles. The number of hydrogen-bond donors (Lipinski definition) is 0. The van der Waals surface area contributed by atoms with Crippen molar-refractivity contribution in [3.8, 4) is 11.1 Å². The van der Waals surface area contributed by atoms with E-state index in [9.17, 15) is 4.79 Å². The van der Waals surface area contributed by atoms with Crippen molar-refractivity contribution in [2.45, 2.75) is 29.2 Å². The van der Waals surface area contributed by atoms with Gasteiger partial charge in [-0.2, -0.15) is 0 Å². The van der Waals surface area contributed by atoms with Crippen molar-refractivity contribution < 1.29 is 4.79 Å². The summed E-state index contributed by atoms with van der Waals surface area (Å²) in [5.41, 5.74) is 5.08. The maximum atomic E-state index is 12.6. The summed E-state index contributed by atoms with van der Waals surface area (Å²) in [7, 11) is 0. The molecular formula is C21H24O. The number of ketones is 1. The summed E-state index contributed by atoms with van der Waals surface area (Å²) in [6, 6.07) is 18.1. The zero-order chi connectivity index (χ0) is 13.0. The monoisotopic (exact) mass is 292 g/mol.